The molecule has 1 amide bonds. The molecule has 0 saturated carbocycles. The number of likely N-dealkylation sites (N-methyl/N-ethyl adjacent to an activating group) is 1. The second kappa shape index (κ2) is 7.59. The van der Waals surface area contributed by atoms with Gasteiger partial charge in [0.2, 0.25) is 5.95 Å². The molecule has 0 aliphatic heterocycles. The molecule has 2 aromatic rings. The average molecular weight is 321 g/mol. The van der Waals surface area contributed by atoms with Crippen molar-refractivity contribution in [2.75, 3.05) is 37.8 Å². The van der Waals surface area contributed by atoms with Crippen LogP contribution in [-0.2, 0) is 0 Å². The van der Waals surface area contributed by atoms with E-state index >= 15 is 0 Å². The molecule has 2 rings (SSSR count). The molecule has 0 aliphatic carbocycles. The molecule has 0 aliphatic rings. The molecule has 8 heteroatoms. The van der Waals surface area contributed by atoms with E-state index < -0.39 is 23.2 Å². The van der Waals surface area contributed by atoms with Gasteiger partial charge in [-0.2, -0.15) is 0 Å². The van der Waals surface area contributed by atoms with E-state index in [4.69, 9.17) is 0 Å². The molecule has 1 aromatic carbocycles. The maximum atomic E-state index is 13.5. The minimum Gasteiger partial charge on any atom is -0.353 e. The number of anilines is 2. The third kappa shape index (κ3) is 4.68. The Balaban J connectivity index is 2.00. The monoisotopic (exact) mass is 321 g/mol. The van der Waals surface area contributed by atoms with Crippen LogP contribution in [0, 0.1) is 11.6 Å². The SMILES string of the molecule is CN(C)CCNc1ncc(C(=O)Nc2c(F)cccc2F)cn1. The van der Waals surface area contributed by atoms with Crippen LogP contribution in [0.1, 0.15) is 10.4 Å². The number of para-hydroxylation sites is 1. The van der Waals surface area contributed by atoms with Crippen LogP contribution in [0.25, 0.3) is 0 Å². The highest BCUT2D eigenvalue weighted by Crippen LogP contribution is 2.18. The summed E-state index contributed by atoms with van der Waals surface area (Å²) in [4.78, 5) is 22.0. The van der Waals surface area contributed by atoms with Crippen LogP contribution in [0.2, 0.25) is 0 Å². The van der Waals surface area contributed by atoms with Crippen LogP contribution < -0.4 is 10.6 Å². The zero-order valence-corrected chi connectivity index (χ0v) is 12.8. The molecule has 0 atom stereocenters. The third-order valence-electron chi connectivity index (χ3n) is 2.96. The van der Waals surface area contributed by atoms with Crippen molar-refractivity contribution >= 4 is 17.5 Å². The van der Waals surface area contributed by atoms with Gasteiger partial charge in [-0.15, -0.1) is 0 Å². The summed E-state index contributed by atoms with van der Waals surface area (Å²) in [6, 6.07) is 3.34. The van der Waals surface area contributed by atoms with E-state index in [0.717, 1.165) is 18.7 Å². The van der Waals surface area contributed by atoms with Gasteiger partial charge in [0.15, 0.2) is 0 Å². The van der Waals surface area contributed by atoms with E-state index in [2.05, 4.69) is 20.6 Å². The molecule has 0 radical (unpaired) electrons. The molecular weight excluding hydrogens is 304 g/mol. The van der Waals surface area contributed by atoms with Gasteiger partial charge in [-0.25, -0.2) is 18.7 Å². The molecule has 0 unspecified atom stereocenters. The highest BCUT2D eigenvalue weighted by Gasteiger charge is 2.14. The minimum atomic E-state index is -0.846. The van der Waals surface area contributed by atoms with Gasteiger partial charge in [0.1, 0.15) is 17.3 Å². The fourth-order valence-electron chi connectivity index (χ4n) is 1.73. The summed E-state index contributed by atoms with van der Waals surface area (Å²) in [6.45, 7) is 1.46. The summed E-state index contributed by atoms with van der Waals surface area (Å²) in [5, 5.41) is 5.17. The van der Waals surface area contributed by atoms with Gasteiger partial charge in [0.25, 0.3) is 5.91 Å². The van der Waals surface area contributed by atoms with E-state index in [9.17, 15) is 13.6 Å². The number of amides is 1. The quantitative estimate of drug-likeness (QED) is 0.851. The Hall–Kier alpha value is -2.61. The fraction of sp³-hybridized carbons (Fsp3) is 0.267. The first kappa shape index (κ1) is 16.8. The second-order valence-electron chi connectivity index (χ2n) is 5.08. The van der Waals surface area contributed by atoms with Crippen LogP contribution in [-0.4, -0.2) is 48.0 Å². The Labute approximate surface area is 132 Å². The van der Waals surface area contributed by atoms with E-state index in [0.29, 0.717) is 12.5 Å². The highest BCUT2D eigenvalue weighted by atomic mass is 19.1. The molecule has 0 bridgehead atoms. The Kier molecular flexibility index (Phi) is 5.53. The Morgan fingerprint density at radius 2 is 1.78 bits per heavy atom. The van der Waals surface area contributed by atoms with E-state index in [1.165, 1.54) is 18.5 Å². The summed E-state index contributed by atoms with van der Waals surface area (Å²) in [5.74, 6) is -2.00. The molecule has 0 saturated heterocycles. The normalized spacial score (nSPS) is 10.7. The second-order valence-corrected chi connectivity index (χ2v) is 5.08. The van der Waals surface area contributed by atoms with Gasteiger partial charge in [0, 0.05) is 25.5 Å². The van der Waals surface area contributed by atoms with Crippen molar-refractivity contribution in [1.29, 1.82) is 0 Å². The van der Waals surface area contributed by atoms with Crippen LogP contribution >= 0.6 is 0 Å². The van der Waals surface area contributed by atoms with Crippen molar-refractivity contribution < 1.29 is 13.6 Å². The Bertz CT molecular complexity index is 656. The number of benzene rings is 1. The molecule has 1 aromatic heterocycles. The van der Waals surface area contributed by atoms with Crippen molar-refractivity contribution in [3.63, 3.8) is 0 Å². The van der Waals surface area contributed by atoms with Crippen LogP contribution in [0.3, 0.4) is 0 Å². The number of aromatic nitrogens is 2. The molecule has 122 valence electrons. The zero-order chi connectivity index (χ0) is 16.8. The summed E-state index contributed by atoms with van der Waals surface area (Å²) in [6.07, 6.45) is 2.58. The number of carbonyl (C=O) groups excluding carboxylic acids is 1. The van der Waals surface area contributed by atoms with Crippen molar-refractivity contribution in [3.05, 3.63) is 47.8 Å². The minimum absolute atomic E-state index is 0.103. The largest absolute Gasteiger partial charge is 0.353 e. The van der Waals surface area contributed by atoms with Gasteiger partial charge in [0.05, 0.1) is 5.56 Å². The molecule has 6 nitrogen and oxygen atoms in total. The number of hydrogen-bond donors (Lipinski definition) is 2. The van der Waals surface area contributed by atoms with E-state index in [-0.39, 0.29) is 5.56 Å². The lowest BCUT2D eigenvalue weighted by atomic mass is 10.2. The molecule has 0 fully saturated rings. The topological polar surface area (TPSA) is 70.2 Å². The van der Waals surface area contributed by atoms with Crippen molar-refractivity contribution in [2.24, 2.45) is 0 Å². The first-order chi connectivity index (χ1) is 11.0. The van der Waals surface area contributed by atoms with Crippen molar-refractivity contribution in [3.8, 4) is 0 Å². The summed E-state index contributed by atoms with van der Waals surface area (Å²) >= 11 is 0. The first-order valence-electron chi connectivity index (χ1n) is 6.93. The average Bonchev–Trinajstić information content (AvgIpc) is 2.51. The van der Waals surface area contributed by atoms with Gasteiger partial charge < -0.3 is 15.5 Å². The van der Waals surface area contributed by atoms with Gasteiger partial charge >= 0.3 is 0 Å². The first-order valence-corrected chi connectivity index (χ1v) is 6.93. The van der Waals surface area contributed by atoms with Crippen molar-refractivity contribution in [2.45, 2.75) is 0 Å². The number of nitrogens with zero attached hydrogens (tertiary/aromatic N) is 3. The number of halogens is 2. The van der Waals surface area contributed by atoms with Crippen LogP contribution in [0.15, 0.2) is 30.6 Å². The van der Waals surface area contributed by atoms with Gasteiger partial charge in [-0.1, -0.05) is 6.07 Å². The summed E-state index contributed by atoms with van der Waals surface area (Å²) < 4.78 is 27.0. The number of hydrogen-bond acceptors (Lipinski definition) is 5. The fourth-order valence-corrected chi connectivity index (χ4v) is 1.73. The summed E-state index contributed by atoms with van der Waals surface area (Å²) in [5.41, 5.74) is -0.392. The standard InChI is InChI=1S/C15H17F2N5O/c1-22(2)7-6-18-15-19-8-10(9-20-15)14(23)21-13-11(16)4-3-5-12(13)17/h3-5,8-9H,6-7H2,1-2H3,(H,21,23)(H,18,19,20). The van der Waals surface area contributed by atoms with Crippen LogP contribution in [0.4, 0.5) is 20.4 Å². The molecule has 23 heavy (non-hydrogen) atoms. The maximum Gasteiger partial charge on any atom is 0.258 e. The van der Waals surface area contributed by atoms with Gasteiger partial charge in [-0.05, 0) is 26.2 Å². The molecule has 1 heterocycles. The predicted octanol–water partition coefficient (Wildman–Crippen LogP) is 1.98. The predicted molar refractivity (Wildman–Crippen MR) is 83.4 cm³/mol. The Morgan fingerprint density at radius 3 is 2.35 bits per heavy atom. The lowest BCUT2D eigenvalue weighted by Gasteiger charge is -2.10. The molecular formula is C15H17F2N5O. The van der Waals surface area contributed by atoms with E-state index in [1.807, 2.05) is 19.0 Å². The highest BCUT2D eigenvalue weighted by molar-refractivity contribution is 6.04. The van der Waals surface area contributed by atoms with Crippen LogP contribution in [0.5, 0.6) is 0 Å². The smallest absolute Gasteiger partial charge is 0.258 e. The number of rotatable bonds is 6. The molecule has 2 N–H and O–H groups in total. The summed E-state index contributed by atoms with van der Waals surface area (Å²) in [7, 11) is 3.88. The maximum absolute atomic E-state index is 13.5. The number of nitrogens with one attached hydrogen (secondary N) is 2. The zero-order valence-electron chi connectivity index (χ0n) is 12.8. The molecule has 0 spiro atoms. The number of carbonyl (C=O) groups is 1. The third-order valence-corrected chi connectivity index (χ3v) is 2.96. The Morgan fingerprint density at radius 1 is 1.17 bits per heavy atom. The van der Waals surface area contributed by atoms with Gasteiger partial charge in [-0.3, -0.25) is 4.79 Å². The van der Waals surface area contributed by atoms with E-state index in [1.54, 1.807) is 0 Å². The lowest BCUT2D eigenvalue weighted by molar-refractivity contribution is 0.102. The van der Waals surface area contributed by atoms with Crippen molar-refractivity contribution in [1.82, 2.24) is 14.9 Å². The lowest BCUT2D eigenvalue weighted by Crippen LogP contribution is -2.21.